The Morgan fingerprint density at radius 1 is 1.50 bits per heavy atom. The molecule has 1 saturated heterocycles. The second-order valence-corrected chi connectivity index (χ2v) is 5.92. The van der Waals surface area contributed by atoms with Crippen LogP contribution in [0, 0.1) is 0 Å². The van der Waals surface area contributed by atoms with Gasteiger partial charge in [0.2, 0.25) is 0 Å². The number of rotatable bonds is 6. The average molecular weight is 229 g/mol. The molecule has 96 valence electrons. The van der Waals surface area contributed by atoms with E-state index < -0.39 is 5.60 Å². The van der Waals surface area contributed by atoms with Crippen LogP contribution in [0.2, 0.25) is 0 Å². The van der Waals surface area contributed by atoms with E-state index in [1.54, 1.807) is 0 Å². The molecule has 3 heteroatoms. The first kappa shape index (κ1) is 13.9. The lowest BCUT2D eigenvalue weighted by molar-refractivity contribution is -0.0176. The molecule has 1 aliphatic heterocycles. The number of nitrogens with one attached hydrogen (secondary N) is 1. The van der Waals surface area contributed by atoms with Gasteiger partial charge in [-0.1, -0.05) is 13.3 Å². The molecule has 0 radical (unpaired) electrons. The van der Waals surface area contributed by atoms with E-state index in [0.717, 1.165) is 32.2 Å². The Hall–Kier alpha value is -0.120. The first-order chi connectivity index (χ1) is 7.35. The molecule has 0 aromatic rings. The molecule has 16 heavy (non-hydrogen) atoms. The third kappa shape index (κ3) is 4.81. The highest BCUT2D eigenvalue weighted by Crippen LogP contribution is 2.28. The van der Waals surface area contributed by atoms with Crippen molar-refractivity contribution in [2.45, 2.75) is 70.7 Å². The highest BCUT2D eigenvalue weighted by atomic mass is 16.5. The number of hydrogen-bond acceptors (Lipinski definition) is 3. The van der Waals surface area contributed by atoms with E-state index >= 15 is 0 Å². The normalized spacial score (nSPS) is 27.9. The van der Waals surface area contributed by atoms with Crippen molar-refractivity contribution < 1.29 is 9.84 Å². The van der Waals surface area contributed by atoms with E-state index in [1.165, 1.54) is 0 Å². The molecular weight excluding hydrogens is 202 g/mol. The summed E-state index contributed by atoms with van der Waals surface area (Å²) in [6.07, 6.45) is 4.42. The maximum atomic E-state index is 9.99. The van der Waals surface area contributed by atoms with Crippen molar-refractivity contribution in [2.75, 3.05) is 13.1 Å². The minimum absolute atomic E-state index is 0.0400. The number of hydrogen-bond donors (Lipinski definition) is 2. The van der Waals surface area contributed by atoms with Gasteiger partial charge in [0.15, 0.2) is 0 Å². The molecule has 0 saturated carbocycles. The second-order valence-electron chi connectivity index (χ2n) is 5.92. The Balaban J connectivity index is 2.17. The molecule has 0 amide bonds. The highest BCUT2D eigenvalue weighted by Gasteiger charge is 2.31. The molecule has 2 atom stereocenters. The predicted octanol–water partition coefficient (Wildman–Crippen LogP) is 2.08. The summed E-state index contributed by atoms with van der Waals surface area (Å²) in [5.74, 6) is 0. The lowest BCUT2D eigenvalue weighted by atomic mass is 10.0. The van der Waals surface area contributed by atoms with Gasteiger partial charge in [0.05, 0.1) is 17.3 Å². The quantitative estimate of drug-likeness (QED) is 0.733. The van der Waals surface area contributed by atoms with Gasteiger partial charge in [-0.15, -0.1) is 0 Å². The molecule has 3 nitrogen and oxygen atoms in total. The van der Waals surface area contributed by atoms with Gasteiger partial charge in [0.25, 0.3) is 0 Å². The largest absolute Gasteiger partial charge is 0.389 e. The molecule has 0 aliphatic carbocycles. The maximum Gasteiger partial charge on any atom is 0.0743 e. The molecule has 1 aliphatic rings. The minimum atomic E-state index is -0.580. The molecule has 1 fully saturated rings. The van der Waals surface area contributed by atoms with E-state index in [4.69, 9.17) is 4.74 Å². The first-order valence-electron chi connectivity index (χ1n) is 6.45. The van der Waals surface area contributed by atoms with Gasteiger partial charge in [0.1, 0.15) is 0 Å². The van der Waals surface area contributed by atoms with Crippen LogP contribution in [0.3, 0.4) is 0 Å². The highest BCUT2D eigenvalue weighted by molar-refractivity contribution is 4.83. The Labute approximate surface area is 99.6 Å². The van der Waals surface area contributed by atoms with E-state index in [9.17, 15) is 5.11 Å². The average Bonchev–Trinajstić information content (AvgIpc) is 2.45. The topological polar surface area (TPSA) is 41.5 Å². The Bertz CT molecular complexity index is 214. The van der Waals surface area contributed by atoms with Crippen LogP contribution in [0.5, 0.6) is 0 Å². The van der Waals surface area contributed by atoms with E-state index in [2.05, 4.69) is 26.1 Å². The van der Waals surface area contributed by atoms with Crippen molar-refractivity contribution in [3.05, 3.63) is 0 Å². The zero-order valence-electron chi connectivity index (χ0n) is 11.2. The summed E-state index contributed by atoms with van der Waals surface area (Å²) in [6.45, 7) is 9.77. The molecular formula is C13H27NO2. The van der Waals surface area contributed by atoms with Crippen molar-refractivity contribution in [2.24, 2.45) is 0 Å². The first-order valence-corrected chi connectivity index (χ1v) is 6.45. The van der Waals surface area contributed by atoms with Crippen LogP contribution in [0.15, 0.2) is 0 Å². The van der Waals surface area contributed by atoms with E-state index in [-0.39, 0.29) is 5.60 Å². The summed E-state index contributed by atoms with van der Waals surface area (Å²) < 4.78 is 5.88. The number of ether oxygens (including phenoxy) is 1. The third-order valence-electron chi connectivity index (χ3n) is 3.22. The van der Waals surface area contributed by atoms with Crippen molar-refractivity contribution in [3.63, 3.8) is 0 Å². The van der Waals surface area contributed by atoms with Crippen LogP contribution in [0.1, 0.15) is 53.4 Å². The molecule has 0 bridgehead atoms. The van der Waals surface area contributed by atoms with Crippen molar-refractivity contribution >= 4 is 0 Å². The van der Waals surface area contributed by atoms with E-state index in [1.807, 2.05) is 6.92 Å². The molecule has 0 aromatic carbocycles. The van der Waals surface area contributed by atoms with Crippen molar-refractivity contribution in [1.82, 2.24) is 5.32 Å². The van der Waals surface area contributed by atoms with Crippen LogP contribution in [0.25, 0.3) is 0 Å². The zero-order valence-corrected chi connectivity index (χ0v) is 11.2. The fraction of sp³-hybridized carbons (Fsp3) is 1.00. The van der Waals surface area contributed by atoms with Crippen LogP contribution in [0.4, 0.5) is 0 Å². The van der Waals surface area contributed by atoms with Crippen LogP contribution < -0.4 is 5.32 Å². The van der Waals surface area contributed by atoms with Gasteiger partial charge in [-0.25, -0.2) is 0 Å². The predicted molar refractivity (Wildman–Crippen MR) is 66.6 cm³/mol. The van der Waals surface area contributed by atoms with Gasteiger partial charge in [-0.3, -0.25) is 0 Å². The fourth-order valence-electron chi connectivity index (χ4n) is 2.35. The Morgan fingerprint density at radius 2 is 2.19 bits per heavy atom. The van der Waals surface area contributed by atoms with Gasteiger partial charge in [0, 0.05) is 13.1 Å². The zero-order chi connectivity index (χ0) is 12.2. The van der Waals surface area contributed by atoms with Crippen molar-refractivity contribution in [3.8, 4) is 0 Å². The molecule has 0 aromatic heterocycles. The monoisotopic (exact) mass is 229 g/mol. The fourth-order valence-corrected chi connectivity index (χ4v) is 2.35. The van der Waals surface area contributed by atoms with Crippen molar-refractivity contribution in [1.29, 1.82) is 0 Å². The molecule has 1 heterocycles. The summed E-state index contributed by atoms with van der Waals surface area (Å²) >= 11 is 0. The Kier molecular flexibility index (Phi) is 4.77. The van der Waals surface area contributed by atoms with E-state index in [0.29, 0.717) is 12.6 Å². The lowest BCUT2D eigenvalue weighted by Crippen LogP contribution is -2.40. The smallest absolute Gasteiger partial charge is 0.0743 e. The van der Waals surface area contributed by atoms with Gasteiger partial charge in [-0.2, -0.15) is 0 Å². The second kappa shape index (κ2) is 5.48. The minimum Gasteiger partial charge on any atom is -0.389 e. The molecule has 0 spiro atoms. The summed E-state index contributed by atoms with van der Waals surface area (Å²) in [5.41, 5.74) is -0.541. The Morgan fingerprint density at radius 3 is 2.69 bits per heavy atom. The third-order valence-corrected chi connectivity index (χ3v) is 3.22. The SMILES string of the molecule is CCCC(C)(O)CNCC1CCC(C)(C)O1. The molecule has 2 N–H and O–H groups in total. The number of aliphatic hydroxyl groups is 1. The standard InChI is InChI=1S/C13H27NO2/c1-5-7-13(4,15)10-14-9-11-6-8-12(2,3)16-11/h11,14-15H,5-10H2,1-4H3. The van der Waals surface area contributed by atoms with Gasteiger partial charge in [-0.05, 0) is 40.0 Å². The molecule has 2 unspecified atom stereocenters. The van der Waals surface area contributed by atoms with Crippen LogP contribution in [-0.4, -0.2) is 35.5 Å². The molecule has 1 rings (SSSR count). The summed E-state index contributed by atoms with van der Waals surface area (Å²) in [5, 5.41) is 13.3. The summed E-state index contributed by atoms with van der Waals surface area (Å²) in [4.78, 5) is 0. The van der Waals surface area contributed by atoms with Gasteiger partial charge >= 0.3 is 0 Å². The summed E-state index contributed by atoms with van der Waals surface area (Å²) in [6, 6.07) is 0. The maximum absolute atomic E-state index is 9.99. The lowest BCUT2D eigenvalue weighted by Gasteiger charge is -2.25. The van der Waals surface area contributed by atoms with Crippen LogP contribution >= 0.6 is 0 Å². The summed E-state index contributed by atoms with van der Waals surface area (Å²) in [7, 11) is 0. The van der Waals surface area contributed by atoms with Crippen LogP contribution in [-0.2, 0) is 4.74 Å². The van der Waals surface area contributed by atoms with Gasteiger partial charge < -0.3 is 15.2 Å².